The lowest BCUT2D eigenvalue weighted by atomic mass is 10.2. The first kappa shape index (κ1) is 14.8. The summed E-state index contributed by atoms with van der Waals surface area (Å²) >= 11 is 6.02. The number of benzene rings is 1. The average Bonchev–Trinajstić information content (AvgIpc) is 3.07. The highest BCUT2D eigenvalue weighted by molar-refractivity contribution is 6.30. The van der Waals surface area contributed by atoms with Crippen LogP contribution in [0.1, 0.15) is 5.56 Å². The largest absolute Gasteiger partial charge is 0.389 e. The first-order chi connectivity index (χ1) is 10.5. The molecule has 2 aromatic rings. The van der Waals surface area contributed by atoms with E-state index in [1.807, 2.05) is 18.2 Å². The number of anilines is 1. The van der Waals surface area contributed by atoms with E-state index >= 15 is 0 Å². The van der Waals surface area contributed by atoms with Gasteiger partial charge in [-0.25, -0.2) is 0 Å². The van der Waals surface area contributed by atoms with Gasteiger partial charge >= 0.3 is 5.69 Å². The smallest absolute Gasteiger partial charge is 0.306 e. The number of aliphatic hydroxyl groups excluding tert-OH is 1. The maximum Gasteiger partial charge on any atom is 0.306 e. The summed E-state index contributed by atoms with van der Waals surface area (Å²) in [7, 11) is 0. The fraction of sp³-hybridized carbons (Fsp3) is 0.357. The monoisotopic (exact) mass is 322 g/mol. The third-order valence-corrected chi connectivity index (χ3v) is 3.93. The molecule has 2 heterocycles. The summed E-state index contributed by atoms with van der Waals surface area (Å²) in [6.07, 6.45) is 2.74. The zero-order valence-corrected chi connectivity index (χ0v) is 12.5. The second-order valence-corrected chi connectivity index (χ2v) is 5.74. The van der Waals surface area contributed by atoms with Crippen LogP contribution in [0.2, 0.25) is 5.02 Å². The molecule has 116 valence electrons. The number of rotatable bonds is 5. The quantitative estimate of drug-likeness (QED) is 0.671. The number of fused-ring (bicyclic) bond motifs is 1. The van der Waals surface area contributed by atoms with E-state index < -0.39 is 11.0 Å². The third kappa shape index (κ3) is 3.05. The predicted octanol–water partition coefficient (Wildman–Crippen LogP) is 1.87. The molecule has 0 unspecified atom stereocenters. The highest BCUT2D eigenvalue weighted by Gasteiger charge is 2.22. The second kappa shape index (κ2) is 5.94. The SMILES string of the molecule is O=[N+]([O-])c1cnn(C[C@H](O)CN2CCc3ccc(Cl)cc32)c1. The number of halogens is 1. The molecule has 7 nitrogen and oxygen atoms in total. The molecule has 1 aliphatic rings. The molecule has 0 aliphatic carbocycles. The van der Waals surface area contributed by atoms with E-state index in [1.54, 1.807) is 0 Å². The highest BCUT2D eigenvalue weighted by Crippen LogP contribution is 2.30. The van der Waals surface area contributed by atoms with Crippen LogP contribution in [0, 0.1) is 10.1 Å². The van der Waals surface area contributed by atoms with E-state index in [4.69, 9.17) is 11.6 Å². The van der Waals surface area contributed by atoms with Crippen LogP contribution in [0.4, 0.5) is 11.4 Å². The van der Waals surface area contributed by atoms with Gasteiger partial charge in [-0.05, 0) is 24.1 Å². The molecule has 8 heteroatoms. The molecule has 1 N–H and O–H groups in total. The van der Waals surface area contributed by atoms with Crippen molar-refractivity contribution in [3.63, 3.8) is 0 Å². The lowest BCUT2D eigenvalue weighted by molar-refractivity contribution is -0.385. The van der Waals surface area contributed by atoms with E-state index in [0.29, 0.717) is 11.6 Å². The number of hydrogen-bond donors (Lipinski definition) is 1. The van der Waals surface area contributed by atoms with Crippen molar-refractivity contribution in [2.45, 2.75) is 19.1 Å². The minimum absolute atomic E-state index is 0.0782. The molecule has 1 aliphatic heterocycles. The third-order valence-electron chi connectivity index (χ3n) is 3.70. The van der Waals surface area contributed by atoms with Crippen LogP contribution in [-0.4, -0.2) is 39.0 Å². The fourth-order valence-corrected chi connectivity index (χ4v) is 2.85. The van der Waals surface area contributed by atoms with Crippen LogP contribution in [-0.2, 0) is 13.0 Å². The van der Waals surface area contributed by atoms with Crippen LogP contribution >= 0.6 is 11.6 Å². The molecule has 0 fully saturated rings. The Morgan fingerprint density at radius 2 is 2.27 bits per heavy atom. The van der Waals surface area contributed by atoms with E-state index in [9.17, 15) is 15.2 Å². The Morgan fingerprint density at radius 3 is 3.00 bits per heavy atom. The molecule has 0 spiro atoms. The number of nitrogens with zero attached hydrogens (tertiary/aromatic N) is 4. The number of β-amino-alcohol motifs (C(OH)–C–C–N with tert-alkyl or cyclic N) is 1. The topological polar surface area (TPSA) is 84.4 Å². The number of aromatic nitrogens is 2. The summed E-state index contributed by atoms with van der Waals surface area (Å²) in [6.45, 7) is 1.47. The average molecular weight is 323 g/mol. The van der Waals surface area contributed by atoms with Gasteiger partial charge in [-0.15, -0.1) is 0 Å². The van der Waals surface area contributed by atoms with Crippen molar-refractivity contribution in [2.75, 3.05) is 18.0 Å². The second-order valence-electron chi connectivity index (χ2n) is 5.30. The number of nitro groups is 1. The van der Waals surface area contributed by atoms with Crippen molar-refractivity contribution in [3.8, 4) is 0 Å². The van der Waals surface area contributed by atoms with Crippen molar-refractivity contribution in [3.05, 3.63) is 51.3 Å². The Balaban J connectivity index is 1.64. The lowest BCUT2D eigenvalue weighted by Gasteiger charge is -2.23. The van der Waals surface area contributed by atoms with Crippen molar-refractivity contribution < 1.29 is 10.0 Å². The zero-order chi connectivity index (χ0) is 15.7. The first-order valence-electron chi connectivity index (χ1n) is 6.91. The molecule has 0 bridgehead atoms. The lowest BCUT2D eigenvalue weighted by Crippen LogP contribution is -2.33. The molecule has 3 rings (SSSR count). The molecule has 1 aromatic carbocycles. The van der Waals surface area contributed by atoms with Crippen LogP contribution in [0.15, 0.2) is 30.6 Å². The van der Waals surface area contributed by atoms with Crippen molar-refractivity contribution in [2.24, 2.45) is 0 Å². The Hall–Kier alpha value is -2.12. The van der Waals surface area contributed by atoms with Gasteiger partial charge in [-0.1, -0.05) is 17.7 Å². The standard InChI is InChI=1S/C14H15ClN4O3/c15-11-2-1-10-3-4-17(14(10)5-11)8-13(20)9-18-7-12(6-16-18)19(21)22/h1-2,5-7,13,20H,3-4,8-9H2/t13-/m1/s1. The van der Waals surface area contributed by atoms with E-state index in [-0.39, 0.29) is 12.2 Å². The maximum absolute atomic E-state index is 10.6. The van der Waals surface area contributed by atoms with E-state index in [0.717, 1.165) is 18.7 Å². The molecule has 1 atom stereocenters. The first-order valence-corrected chi connectivity index (χ1v) is 7.29. The minimum atomic E-state index is -0.676. The van der Waals surface area contributed by atoms with Gasteiger partial charge in [0.2, 0.25) is 0 Å². The van der Waals surface area contributed by atoms with Gasteiger partial charge < -0.3 is 10.0 Å². The molecule has 0 saturated heterocycles. The summed E-state index contributed by atoms with van der Waals surface area (Å²) in [5, 5.41) is 25.4. The highest BCUT2D eigenvalue weighted by atomic mass is 35.5. The predicted molar refractivity (Wildman–Crippen MR) is 82.3 cm³/mol. The van der Waals surface area contributed by atoms with Crippen LogP contribution in [0.5, 0.6) is 0 Å². The van der Waals surface area contributed by atoms with E-state index in [1.165, 1.54) is 22.6 Å². The van der Waals surface area contributed by atoms with Crippen molar-refractivity contribution in [1.82, 2.24) is 9.78 Å². The Labute approximate surface area is 131 Å². The zero-order valence-electron chi connectivity index (χ0n) is 11.7. The summed E-state index contributed by atoms with van der Waals surface area (Å²) in [5.41, 5.74) is 2.18. The van der Waals surface area contributed by atoms with Crippen molar-refractivity contribution >= 4 is 23.0 Å². The van der Waals surface area contributed by atoms with Crippen LogP contribution in [0.3, 0.4) is 0 Å². The maximum atomic E-state index is 10.6. The van der Waals surface area contributed by atoms with Gasteiger partial charge in [0.1, 0.15) is 12.4 Å². The molecule has 0 radical (unpaired) electrons. The summed E-state index contributed by atoms with van der Waals surface area (Å²) in [4.78, 5) is 12.2. The fourth-order valence-electron chi connectivity index (χ4n) is 2.68. The van der Waals surface area contributed by atoms with Gasteiger partial charge in [-0.2, -0.15) is 5.10 Å². The van der Waals surface area contributed by atoms with Gasteiger partial charge in [0.05, 0.1) is 17.6 Å². The molecular weight excluding hydrogens is 308 g/mol. The van der Waals surface area contributed by atoms with Crippen LogP contribution in [0.25, 0.3) is 0 Å². The minimum Gasteiger partial charge on any atom is -0.389 e. The summed E-state index contributed by atoms with van der Waals surface area (Å²) < 4.78 is 1.39. The Bertz CT molecular complexity index is 703. The Morgan fingerprint density at radius 1 is 1.45 bits per heavy atom. The molecule has 0 amide bonds. The number of aliphatic hydroxyl groups is 1. The van der Waals surface area contributed by atoms with Gasteiger partial charge in [0, 0.05) is 23.8 Å². The van der Waals surface area contributed by atoms with Gasteiger partial charge in [-0.3, -0.25) is 14.8 Å². The van der Waals surface area contributed by atoms with Gasteiger partial charge in [0.25, 0.3) is 0 Å². The summed E-state index contributed by atoms with van der Waals surface area (Å²) in [5.74, 6) is 0. The van der Waals surface area contributed by atoms with Gasteiger partial charge in [0.15, 0.2) is 0 Å². The normalized spacial score (nSPS) is 14.9. The van der Waals surface area contributed by atoms with E-state index in [2.05, 4.69) is 10.00 Å². The molecule has 1 aromatic heterocycles. The Kier molecular flexibility index (Phi) is 4.00. The molecular formula is C14H15ClN4O3. The van der Waals surface area contributed by atoms with Crippen molar-refractivity contribution in [1.29, 1.82) is 0 Å². The molecule has 0 saturated carbocycles. The van der Waals surface area contributed by atoms with Crippen LogP contribution < -0.4 is 4.90 Å². The molecule has 22 heavy (non-hydrogen) atoms. The summed E-state index contributed by atoms with van der Waals surface area (Å²) in [6, 6.07) is 5.76. The number of hydrogen-bond acceptors (Lipinski definition) is 5.